The van der Waals surface area contributed by atoms with Crippen LogP contribution in [0.4, 0.5) is 0 Å². The molecule has 1 aromatic heterocycles. The van der Waals surface area contributed by atoms with Gasteiger partial charge in [-0.1, -0.05) is 20.8 Å². The van der Waals surface area contributed by atoms with E-state index in [-0.39, 0.29) is 0 Å². The van der Waals surface area contributed by atoms with Crippen molar-refractivity contribution < 1.29 is 4.42 Å². The number of aryl methyl sites for hydroxylation is 1. The van der Waals surface area contributed by atoms with E-state index in [0.717, 1.165) is 49.4 Å². The van der Waals surface area contributed by atoms with E-state index in [1.54, 1.807) is 0 Å². The molecule has 1 aromatic rings. The van der Waals surface area contributed by atoms with Gasteiger partial charge in [-0.25, -0.2) is 0 Å². The lowest BCUT2D eigenvalue weighted by atomic mass is 9.86. The van der Waals surface area contributed by atoms with Crippen molar-refractivity contribution in [2.45, 2.75) is 66.6 Å². The molecule has 0 saturated carbocycles. The summed E-state index contributed by atoms with van der Waals surface area (Å²) < 4.78 is 6.08. The second-order valence-electron chi connectivity index (χ2n) is 6.98. The van der Waals surface area contributed by atoms with Gasteiger partial charge in [0.2, 0.25) is 0 Å². The molecule has 2 heterocycles. The van der Waals surface area contributed by atoms with E-state index < -0.39 is 0 Å². The molecular weight excluding hydrogens is 260 g/mol. The Bertz CT molecular complexity index is 440. The Kier molecular flexibility index (Phi) is 5.88. The predicted octanol–water partition coefficient (Wildman–Crippen LogP) is 3.95. The molecule has 3 unspecified atom stereocenters. The molecule has 1 aliphatic heterocycles. The van der Waals surface area contributed by atoms with Gasteiger partial charge in [-0.05, 0) is 56.7 Å². The SMILES string of the molecule is CCCNCc1oc(CN2CC(C)CC(C)C2C)cc1C. The van der Waals surface area contributed by atoms with Crippen LogP contribution in [0.1, 0.15) is 57.6 Å². The number of nitrogens with one attached hydrogen (secondary N) is 1. The standard InChI is InChI=1S/C18H32N2O/c1-6-7-19-10-18-15(4)9-17(21-18)12-20-11-13(2)8-14(3)16(20)5/h9,13-14,16,19H,6-8,10-12H2,1-5H3. The van der Waals surface area contributed by atoms with E-state index >= 15 is 0 Å². The van der Waals surface area contributed by atoms with Crippen LogP contribution in [0, 0.1) is 18.8 Å². The van der Waals surface area contributed by atoms with E-state index in [2.05, 4.69) is 50.9 Å². The molecule has 3 atom stereocenters. The highest BCUT2D eigenvalue weighted by atomic mass is 16.3. The first-order valence-electron chi connectivity index (χ1n) is 8.54. The maximum atomic E-state index is 6.08. The van der Waals surface area contributed by atoms with Crippen LogP contribution in [0.2, 0.25) is 0 Å². The van der Waals surface area contributed by atoms with Gasteiger partial charge in [0, 0.05) is 12.6 Å². The average Bonchev–Trinajstić information content (AvgIpc) is 2.76. The molecule has 2 rings (SSSR count). The minimum atomic E-state index is 0.647. The van der Waals surface area contributed by atoms with Crippen LogP contribution in [-0.4, -0.2) is 24.0 Å². The van der Waals surface area contributed by atoms with Crippen LogP contribution in [-0.2, 0) is 13.1 Å². The third-order valence-electron chi connectivity index (χ3n) is 4.86. The Hall–Kier alpha value is -0.800. The Morgan fingerprint density at radius 3 is 2.81 bits per heavy atom. The second kappa shape index (κ2) is 7.46. The third-order valence-corrected chi connectivity index (χ3v) is 4.86. The van der Waals surface area contributed by atoms with E-state index in [1.807, 2.05) is 0 Å². The second-order valence-corrected chi connectivity index (χ2v) is 6.98. The van der Waals surface area contributed by atoms with Crippen molar-refractivity contribution >= 4 is 0 Å². The molecule has 120 valence electrons. The van der Waals surface area contributed by atoms with Gasteiger partial charge in [0.25, 0.3) is 0 Å². The molecule has 1 saturated heterocycles. The van der Waals surface area contributed by atoms with Gasteiger partial charge in [-0.15, -0.1) is 0 Å². The van der Waals surface area contributed by atoms with Crippen LogP contribution in [0.5, 0.6) is 0 Å². The lowest BCUT2D eigenvalue weighted by Crippen LogP contribution is -2.45. The first-order valence-corrected chi connectivity index (χ1v) is 8.54. The van der Waals surface area contributed by atoms with Crippen LogP contribution in [0.15, 0.2) is 10.5 Å². The summed E-state index contributed by atoms with van der Waals surface area (Å²) in [6.07, 6.45) is 2.51. The fraction of sp³-hybridized carbons (Fsp3) is 0.778. The van der Waals surface area contributed by atoms with Gasteiger partial charge in [0.15, 0.2) is 0 Å². The van der Waals surface area contributed by atoms with E-state index in [0.29, 0.717) is 6.04 Å². The fourth-order valence-corrected chi connectivity index (χ4v) is 3.46. The summed E-state index contributed by atoms with van der Waals surface area (Å²) in [5.41, 5.74) is 1.28. The molecule has 1 fully saturated rings. The van der Waals surface area contributed by atoms with Gasteiger partial charge in [0.05, 0.1) is 13.1 Å². The summed E-state index contributed by atoms with van der Waals surface area (Å²) in [6, 6.07) is 2.87. The largest absolute Gasteiger partial charge is 0.463 e. The number of likely N-dealkylation sites (tertiary alicyclic amines) is 1. The van der Waals surface area contributed by atoms with Gasteiger partial charge < -0.3 is 9.73 Å². The van der Waals surface area contributed by atoms with Crippen LogP contribution in [0.3, 0.4) is 0 Å². The Labute approximate surface area is 130 Å². The third kappa shape index (κ3) is 4.33. The van der Waals surface area contributed by atoms with Crippen molar-refractivity contribution in [1.29, 1.82) is 0 Å². The minimum absolute atomic E-state index is 0.647. The number of hydrogen-bond acceptors (Lipinski definition) is 3. The van der Waals surface area contributed by atoms with Gasteiger partial charge in [-0.3, -0.25) is 4.90 Å². The summed E-state index contributed by atoms with van der Waals surface area (Å²) in [5, 5.41) is 3.42. The van der Waals surface area contributed by atoms with E-state index in [9.17, 15) is 0 Å². The molecular formula is C18H32N2O. The molecule has 21 heavy (non-hydrogen) atoms. The zero-order valence-electron chi connectivity index (χ0n) is 14.4. The molecule has 3 heteroatoms. The molecule has 0 bridgehead atoms. The number of hydrogen-bond donors (Lipinski definition) is 1. The molecule has 3 nitrogen and oxygen atoms in total. The highest BCUT2D eigenvalue weighted by molar-refractivity contribution is 5.20. The van der Waals surface area contributed by atoms with Crippen molar-refractivity contribution in [3.63, 3.8) is 0 Å². The highest BCUT2D eigenvalue weighted by Gasteiger charge is 2.29. The zero-order chi connectivity index (χ0) is 15.4. The number of nitrogens with zero attached hydrogens (tertiary/aromatic N) is 1. The maximum Gasteiger partial charge on any atom is 0.120 e. The van der Waals surface area contributed by atoms with Gasteiger partial charge in [0.1, 0.15) is 11.5 Å². The van der Waals surface area contributed by atoms with Crippen molar-refractivity contribution in [2.24, 2.45) is 11.8 Å². The molecule has 0 radical (unpaired) electrons. The molecule has 0 spiro atoms. The van der Waals surface area contributed by atoms with Crippen LogP contribution >= 0.6 is 0 Å². The maximum absolute atomic E-state index is 6.08. The summed E-state index contributed by atoms with van der Waals surface area (Å²) in [7, 11) is 0. The van der Waals surface area contributed by atoms with Crippen molar-refractivity contribution in [2.75, 3.05) is 13.1 Å². The number of rotatable bonds is 6. The summed E-state index contributed by atoms with van der Waals surface area (Å²) in [6.45, 7) is 15.5. The summed E-state index contributed by atoms with van der Waals surface area (Å²) >= 11 is 0. The van der Waals surface area contributed by atoms with Crippen molar-refractivity contribution in [1.82, 2.24) is 10.2 Å². The fourth-order valence-electron chi connectivity index (χ4n) is 3.46. The smallest absolute Gasteiger partial charge is 0.120 e. The first kappa shape index (κ1) is 16.6. The average molecular weight is 292 g/mol. The molecule has 0 amide bonds. The van der Waals surface area contributed by atoms with Crippen LogP contribution in [0.25, 0.3) is 0 Å². The predicted molar refractivity (Wildman–Crippen MR) is 88.3 cm³/mol. The highest BCUT2D eigenvalue weighted by Crippen LogP contribution is 2.28. The lowest BCUT2D eigenvalue weighted by molar-refractivity contribution is 0.0665. The lowest BCUT2D eigenvalue weighted by Gasteiger charge is -2.40. The summed E-state index contributed by atoms with van der Waals surface area (Å²) in [5.74, 6) is 3.78. The Morgan fingerprint density at radius 1 is 1.33 bits per heavy atom. The molecule has 1 N–H and O–H groups in total. The summed E-state index contributed by atoms with van der Waals surface area (Å²) in [4.78, 5) is 2.58. The molecule has 0 aliphatic carbocycles. The van der Waals surface area contributed by atoms with Crippen molar-refractivity contribution in [3.8, 4) is 0 Å². The van der Waals surface area contributed by atoms with Crippen LogP contribution < -0.4 is 5.32 Å². The quantitative estimate of drug-likeness (QED) is 0.805. The van der Waals surface area contributed by atoms with Crippen molar-refractivity contribution in [3.05, 3.63) is 23.2 Å². The monoisotopic (exact) mass is 292 g/mol. The van der Waals surface area contributed by atoms with Gasteiger partial charge >= 0.3 is 0 Å². The van der Waals surface area contributed by atoms with E-state index in [1.165, 1.54) is 18.5 Å². The first-order chi connectivity index (χ1) is 10.0. The number of piperidine rings is 1. The van der Waals surface area contributed by atoms with E-state index in [4.69, 9.17) is 4.42 Å². The van der Waals surface area contributed by atoms with Gasteiger partial charge in [-0.2, -0.15) is 0 Å². The normalized spacial score (nSPS) is 27.2. The zero-order valence-corrected chi connectivity index (χ0v) is 14.4. The Morgan fingerprint density at radius 2 is 2.10 bits per heavy atom. The molecule has 1 aliphatic rings. The molecule has 0 aromatic carbocycles. The minimum Gasteiger partial charge on any atom is -0.463 e. The number of furan rings is 1. The topological polar surface area (TPSA) is 28.4 Å². The Balaban J connectivity index is 1.97.